The first-order chi connectivity index (χ1) is 10.6. The third-order valence-corrected chi connectivity index (χ3v) is 4.02. The van der Waals surface area contributed by atoms with Gasteiger partial charge in [0, 0.05) is 12.1 Å². The summed E-state index contributed by atoms with van der Waals surface area (Å²) in [7, 11) is 0. The fourth-order valence-electron chi connectivity index (χ4n) is 1.88. The molecule has 0 fully saturated rings. The first-order valence-corrected chi connectivity index (χ1v) is 8.04. The van der Waals surface area contributed by atoms with Crippen LogP contribution in [-0.4, -0.2) is 28.8 Å². The largest absolute Gasteiger partial charge is 0.494 e. The molecule has 2 rings (SSSR count). The van der Waals surface area contributed by atoms with E-state index in [4.69, 9.17) is 10.5 Å². The van der Waals surface area contributed by atoms with Gasteiger partial charge in [0.2, 0.25) is 5.91 Å². The molecule has 6 nitrogen and oxygen atoms in total. The Balaban J connectivity index is 1.80. The van der Waals surface area contributed by atoms with E-state index in [1.165, 1.54) is 0 Å². The fraction of sp³-hybridized carbons (Fsp3) is 0.400. The van der Waals surface area contributed by atoms with Crippen molar-refractivity contribution in [2.45, 2.75) is 31.4 Å². The predicted molar refractivity (Wildman–Crippen MR) is 88.1 cm³/mol. The van der Waals surface area contributed by atoms with Crippen molar-refractivity contribution in [2.24, 2.45) is 10.7 Å². The number of carbonyl (C=O) groups excluding carboxylic acids is 2. The zero-order valence-corrected chi connectivity index (χ0v) is 13.2. The summed E-state index contributed by atoms with van der Waals surface area (Å²) in [6.45, 7) is 2.79. The maximum Gasteiger partial charge on any atom is 0.262 e. The highest BCUT2D eigenvalue weighted by Gasteiger charge is 2.29. The second-order valence-electron chi connectivity index (χ2n) is 4.87. The van der Waals surface area contributed by atoms with Crippen LogP contribution in [0.3, 0.4) is 0 Å². The van der Waals surface area contributed by atoms with Gasteiger partial charge in [0.1, 0.15) is 11.0 Å². The molecule has 0 saturated carbocycles. The molecule has 1 heterocycles. The Kier molecular flexibility index (Phi) is 5.83. The van der Waals surface area contributed by atoms with E-state index in [2.05, 4.69) is 17.2 Å². The molecular weight excluding hydrogens is 302 g/mol. The van der Waals surface area contributed by atoms with Crippen molar-refractivity contribution in [1.82, 2.24) is 0 Å². The van der Waals surface area contributed by atoms with Gasteiger partial charge in [-0.2, -0.15) is 4.99 Å². The average Bonchev–Trinajstić information content (AvgIpc) is 2.79. The SMILES string of the molecule is CCCCOc1ccc(NC(=O)C[C@H]2SC(N)=NC2=O)cc1. The van der Waals surface area contributed by atoms with E-state index in [1.54, 1.807) is 12.1 Å². The Bertz CT molecular complexity index is 572. The van der Waals surface area contributed by atoms with Crippen LogP contribution in [0.1, 0.15) is 26.2 Å². The Labute approximate surface area is 133 Å². The average molecular weight is 321 g/mol. The van der Waals surface area contributed by atoms with Gasteiger partial charge in [0.15, 0.2) is 5.17 Å². The number of hydrogen-bond donors (Lipinski definition) is 2. The van der Waals surface area contributed by atoms with E-state index in [0.717, 1.165) is 30.4 Å². The highest BCUT2D eigenvalue weighted by Crippen LogP contribution is 2.23. The molecule has 22 heavy (non-hydrogen) atoms. The lowest BCUT2D eigenvalue weighted by Crippen LogP contribution is -2.21. The molecule has 0 bridgehead atoms. The summed E-state index contributed by atoms with van der Waals surface area (Å²) >= 11 is 1.12. The van der Waals surface area contributed by atoms with Gasteiger partial charge in [0.25, 0.3) is 5.91 Å². The van der Waals surface area contributed by atoms with E-state index in [1.807, 2.05) is 12.1 Å². The topological polar surface area (TPSA) is 93.8 Å². The minimum absolute atomic E-state index is 0.0580. The number of amidine groups is 1. The molecule has 3 N–H and O–H groups in total. The molecule has 0 spiro atoms. The lowest BCUT2D eigenvalue weighted by Gasteiger charge is -2.09. The summed E-state index contributed by atoms with van der Waals surface area (Å²) in [5, 5.41) is 2.45. The number of rotatable bonds is 7. The fourth-order valence-corrected chi connectivity index (χ4v) is 2.70. The first kappa shape index (κ1) is 16.4. The van der Waals surface area contributed by atoms with Crippen molar-refractivity contribution in [3.63, 3.8) is 0 Å². The minimum atomic E-state index is -0.517. The van der Waals surface area contributed by atoms with E-state index in [-0.39, 0.29) is 23.4 Å². The predicted octanol–water partition coefficient (Wildman–Crippen LogP) is 2.15. The van der Waals surface area contributed by atoms with Crippen LogP contribution in [0.2, 0.25) is 0 Å². The molecule has 2 amide bonds. The highest BCUT2D eigenvalue weighted by molar-refractivity contribution is 8.15. The molecule has 7 heteroatoms. The van der Waals surface area contributed by atoms with Crippen LogP contribution in [0.4, 0.5) is 5.69 Å². The van der Waals surface area contributed by atoms with E-state index in [9.17, 15) is 9.59 Å². The van der Waals surface area contributed by atoms with Gasteiger partial charge in [-0.15, -0.1) is 0 Å². The molecule has 1 aromatic rings. The van der Waals surface area contributed by atoms with Crippen LogP contribution in [-0.2, 0) is 9.59 Å². The third kappa shape index (κ3) is 4.77. The van der Waals surface area contributed by atoms with Crippen LogP contribution in [0, 0.1) is 0 Å². The molecule has 118 valence electrons. The minimum Gasteiger partial charge on any atom is -0.494 e. The summed E-state index contributed by atoms with van der Waals surface area (Å²) in [5.41, 5.74) is 6.12. The molecule has 1 aliphatic rings. The first-order valence-electron chi connectivity index (χ1n) is 7.16. The summed E-state index contributed by atoms with van der Waals surface area (Å²) in [6.07, 6.45) is 2.15. The van der Waals surface area contributed by atoms with Crippen molar-refractivity contribution >= 4 is 34.4 Å². The summed E-state index contributed by atoms with van der Waals surface area (Å²) in [6, 6.07) is 7.16. The number of anilines is 1. The van der Waals surface area contributed by atoms with Gasteiger partial charge < -0.3 is 15.8 Å². The van der Waals surface area contributed by atoms with Gasteiger partial charge in [-0.05, 0) is 30.7 Å². The van der Waals surface area contributed by atoms with E-state index < -0.39 is 5.25 Å². The maximum absolute atomic E-state index is 11.9. The summed E-state index contributed by atoms with van der Waals surface area (Å²) in [4.78, 5) is 27.0. The molecule has 1 aromatic carbocycles. The van der Waals surface area contributed by atoms with Crippen molar-refractivity contribution in [1.29, 1.82) is 0 Å². The zero-order chi connectivity index (χ0) is 15.9. The monoisotopic (exact) mass is 321 g/mol. The number of unbranched alkanes of at least 4 members (excludes halogenated alkanes) is 1. The molecule has 1 aliphatic heterocycles. The number of nitrogens with two attached hydrogens (primary N) is 1. The van der Waals surface area contributed by atoms with Crippen molar-refractivity contribution in [3.05, 3.63) is 24.3 Å². The Hall–Kier alpha value is -2.02. The number of hydrogen-bond acceptors (Lipinski definition) is 5. The lowest BCUT2D eigenvalue weighted by molar-refractivity contribution is -0.121. The van der Waals surface area contributed by atoms with E-state index in [0.29, 0.717) is 12.3 Å². The number of carbonyl (C=O) groups is 2. The van der Waals surface area contributed by atoms with Gasteiger partial charge in [-0.3, -0.25) is 9.59 Å². The molecular formula is C15H19N3O3S. The normalized spacial score (nSPS) is 17.2. The Morgan fingerprint density at radius 3 is 2.73 bits per heavy atom. The molecule has 0 radical (unpaired) electrons. The highest BCUT2D eigenvalue weighted by atomic mass is 32.2. The molecule has 0 aromatic heterocycles. The lowest BCUT2D eigenvalue weighted by atomic mass is 10.2. The number of nitrogens with zero attached hydrogens (tertiary/aromatic N) is 1. The smallest absolute Gasteiger partial charge is 0.262 e. The summed E-state index contributed by atoms with van der Waals surface area (Å²) in [5.74, 6) is 0.182. The standard InChI is InChI=1S/C15H19N3O3S/c1-2-3-8-21-11-6-4-10(5-7-11)17-13(19)9-12-14(20)18-15(16)22-12/h4-7,12H,2-3,8-9H2,1H3,(H,17,19)(H2,16,18,20)/t12-/m1/s1. The second-order valence-corrected chi connectivity index (χ2v) is 6.10. The van der Waals surface area contributed by atoms with E-state index >= 15 is 0 Å². The number of ether oxygens (including phenoxy) is 1. The van der Waals surface area contributed by atoms with Crippen molar-refractivity contribution < 1.29 is 14.3 Å². The Morgan fingerprint density at radius 2 is 2.14 bits per heavy atom. The van der Waals surface area contributed by atoms with Crippen LogP contribution >= 0.6 is 11.8 Å². The van der Waals surface area contributed by atoms with Crippen LogP contribution in [0.15, 0.2) is 29.3 Å². The number of amides is 2. The molecule has 0 unspecified atom stereocenters. The van der Waals surface area contributed by atoms with Crippen molar-refractivity contribution in [3.8, 4) is 5.75 Å². The Morgan fingerprint density at radius 1 is 1.41 bits per heavy atom. The number of aliphatic imine (C=N–C) groups is 1. The zero-order valence-electron chi connectivity index (χ0n) is 12.4. The number of nitrogens with one attached hydrogen (secondary N) is 1. The third-order valence-electron chi connectivity index (χ3n) is 3.03. The number of benzene rings is 1. The number of thioether (sulfide) groups is 1. The summed E-state index contributed by atoms with van der Waals surface area (Å²) < 4.78 is 5.55. The van der Waals surface area contributed by atoms with Gasteiger partial charge in [-0.25, -0.2) is 0 Å². The quantitative estimate of drug-likeness (QED) is 0.751. The van der Waals surface area contributed by atoms with Gasteiger partial charge in [0.05, 0.1) is 6.61 Å². The van der Waals surface area contributed by atoms with Gasteiger partial charge in [-0.1, -0.05) is 25.1 Å². The van der Waals surface area contributed by atoms with Crippen molar-refractivity contribution in [2.75, 3.05) is 11.9 Å². The van der Waals surface area contributed by atoms with Crippen LogP contribution < -0.4 is 15.8 Å². The van der Waals surface area contributed by atoms with Crippen LogP contribution in [0.25, 0.3) is 0 Å². The maximum atomic E-state index is 11.9. The second kappa shape index (κ2) is 7.84. The van der Waals surface area contributed by atoms with Gasteiger partial charge >= 0.3 is 0 Å². The van der Waals surface area contributed by atoms with Crippen LogP contribution in [0.5, 0.6) is 5.75 Å². The molecule has 1 atom stereocenters. The molecule has 0 saturated heterocycles. The molecule has 0 aliphatic carbocycles.